The number of nitrogens with zero attached hydrogens (tertiary/aromatic N) is 3. The predicted octanol–water partition coefficient (Wildman–Crippen LogP) is 1.38. The molecule has 1 atom stereocenters. The number of hydrogen-bond donors (Lipinski definition) is 1. The van der Waals surface area contributed by atoms with Crippen LogP contribution in [0.25, 0.3) is 10.2 Å². The van der Waals surface area contributed by atoms with Crippen molar-refractivity contribution in [3.63, 3.8) is 0 Å². The normalized spacial score (nSPS) is 20.2. The van der Waals surface area contributed by atoms with Crippen molar-refractivity contribution in [2.75, 3.05) is 19.6 Å². The van der Waals surface area contributed by atoms with Gasteiger partial charge in [-0.05, 0) is 19.9 Å². The molecule has 0 saturated carbocycles. The van der Waals surface area contributed by atoms with Crippen molar-refractivity contribution in [3.8, 4) is 0 Å². The van der Waals surface area contributed by atoms with Gasteiger partial charge >= 0.3 is 0 Å². The van der Waals surface area contributed by atoms with Crippen molar-refractivity contribution in [2.24, 2.45) is 7.05 Å². The van der Waals surface area contributed by atoms with Crippen molar-refractivity contribution in [1.29, 1.82) is 0 Å². The maximum absolute atomic E-state index is 12.5. The van der Waals surface area contributed by atoms with Gasteiger partial charge in [0.05, 0.1) is 10.6 Å². The van der Waals surface area contributed by atoms with E-state index in [1.54, 1.807) is 0 Å². The first-order valence-corrected chi connectivity index (χ1v) is 7.33. The van der Waals surface area contributed by atoms with Crippen LogP contribution in [-0.4, -0.2) is 46.3 Å². The molecule has 0 aromatic carbocycles. The molecule has 2 aromatic heterocycles. The van der Waals surface area contributed by atoms with Crippen LogP contribution in [0, 0.1) is 6.92 Å². The molecule has 1 amide bonds. The predicted molar refractivity (Wildman–Crippen MR) is 76.7 cm³/mol. The minimum atomic E-state index is 0.147. The summed E-state index contributed by atoms with van der Waals surface area (Å²) in [4.78, 5) is 16.3. The molecule has 102 valence electrons. The maximum atomic E-state index is 12.5. The summed E-state index contributed by atoms with van der Waals surface area (Å²) in [6, 6.07) is 2.35. The number of carbonyl (C=O) groups excluding carboxylic acids is 1. The highest BCUT2D eigenvalue weighted by atomic mass is 32.1. The largest absolute Gasteiger partial charge is 0.335 e. The number of fused-ring (bicyclic) bond motifs is 1. The molecular weight excluding hydrogens is 260 g/mol. The minimum absolute atomic E-state index is 0.147. The average molecular weight is 278 g/mol. The molecule has 1 aliphatic heterocycles. The Bertz CT molecular complexity index is 595. The second-order valence-corrected chi connectivity index (χ2v) is 6.18. The summed E-state index contributed by atoms with van der Waals surface area (Å²) in [5.74, 6) is 0.147. The first kappa shape index (κ1) is 12.6. The molecule has 1 fully saturated rings. The molecule has 3 heterocycles. The van der Waals surface area contributed by atoms with Crippen LogP contribution in [0.15, 0.2) is 6.07 Å². The number of nitrogens with one attached hydrogen (secondary N) is 1. The van der Waals surface area contributed by atoms with Crippen LogP contribution in [0.3, 0.4) is 0 Å². The number of thiophene rings is 1. The number of aryl methyl sites for hydroxylation is 2. The maximum Gasteiger partial charge on any atom is 0.264 e. The number of aromatic nitrogens is 2. The van der Waals surface area contributed by atoms with Crippen molar-refractivity contribution in [3.05, 3.63) is 16.6 Å². The van der Waals surface area contributed by atoms with Crippen LogP contribution >= 0.6 is 11.3 Å². The van der Waals surface area contributed by atoms with Gasteiger partial charge in [0.15, 0.2) is 0 Å². The van der Waals surface area contributed by atoms with E-state index in [9.17, 15) is 4.79 Å². The zero-order valence-corrected chi connectivity index (χ0v) is 12.3. The van der Waals surface area contributed by atoms with Gasteiger partial charge in [-0.2, -0.15) is 5.10 Å². The SMILES string of the molecule is Cc1nn(C)c2sc(C(=O)N3CCNC(C)C3)cc12. The fourth-order valence-corrected chi connectivity index (χ4v) is 3.67. The van der Waals surface area contributed by atoms with E-state index in [0.29, 0.717) is 6.04 Å². The smallest absolute Gasteiger partial charge is 0.264 e. The van der Waals surface area contributed by atoms with Crippen LogP contribution in [0.4, 0.5) is 0 Å². The lowest BCUT2D eigenvalue weighted by Gasteiger charge is -2.31. The zero-order chi connectivity index (χ0) is 13.6. The summed E-state index contributed by atoms with van der Waals surface area (Å²) in [5.41, 5.74) is 0.987. The second kappa shape index (κ2) is 4.61. The van der Waals surface area contributed by atoms with Gasteiger partial charge in [-0.25, -0.2) is 0 Å². The molecule has 1 aliphatic rings. The van der Waals surface area contributed by atoms with Crippen molar-refractivity contribution < 1.29 is 4.79 Å². The van der Waals surface area contributed by atoms with Gasteiger partial charge in [0.2, 0.25) is 0 Å². The molecule has 5 nitrogen and oxygen atoms in total. The minimum Gasteiger partial charge on any atom is -0.335 e. The highest BCUT2D eigenvalue weighted by molar-refractivity contribution is 7.20. The molecule has 6 heteroatoms. The molecule has 0 aliphatic carbocycles. The summed E-state index contributed by atoms with van der Waals surface area (Å²) < 4.78 is 1.85. The molecule has 0 spiro atoms. The Kier molecular flexibility index (Phi) is 3.06. The molecular formula is C13H18N4OS. The molecule has 0 radical (unpaired) electrons. The number of hydrogen-bond acceptors (Lipinski definition) is 4. The summed E-state index contributed by atoms with van der Waals surface area (Å²) >= 11 is 1.54. The molecule has 1 N–H and O–H groups in total. The topological polar surface area (TPSA) is 50.2 Å². The van der Waals surface area contributed by atoms with E-state index in [0.717, 1.165) is 40.4 Å². The Morgan fingerprint density at radius 1 is 1.58 bits per heavy atom. The molecule has 19 heavy (non-hydrogen) atoms. The number of piperazine rings is 1. The first-order chi connectivity index (χ1) is 9.06. The summed E-state index contributed by atoms with van der Waals surface area (Å²) in [5, 5.41) is 8.82. The van der Waals surface area contributed by atoms with E-state index in [2.05, 4.69) is 17.3 Å². The molecule has 3 rings (SSSR count). The Morgan fingerprint density at radius 3 is 3.05 bits per heavy atom. The van der Waals surface area contributed by atoms with Crippen molar-refractivity contribution in [2.45, 2.75) is 19.9 Å². The van der Waals surface area contributed by atoms with E-state index in [1.807, 2.05) is 29.6 Å². The van der Waals surface area contributed by atoms with Crippen LogP contribution in [0.1, 0.15) is 22.3 Å². The monoisotopic (exact) mass is 278 g/mol. The fourth-order valence-electron chi connectivity index (χ4n) is 2.58. The summed E-state index contributed by atoms with van der Waals surface area (Å²) in [6.45, 7) is 6.53. The zero-order valence-electron chi connectivity index (χ0n) is 11.4. The van der Waals surface area contributed by atoms with Crippen LogP contribution < -0.4 is 5.32 Å². The lowest BCUT2D eigenvalue weighted by molar-refractivity contribution is 0.0714. The van der Waals surface area contributed by atoms with E-state index >= 15 is 0 Å². The third-order valence-corrected chi connectivity index (χ3v) is 4.75. The third kappa shape index (κ3) is 2.15. The Morgan fingerprint density at radius 2 is 2.37 bits per heavy atom. The highest BCUT2D eigenvalue weighted by Gasteiger charge is 2.24. The summed E-state index contributed by atoms with van der Waals surface area (Å²) in [6.07, 6.45) is 0. The van der Waals surface area contributed by atoms with Crippen LogP contribution in [-0.2, 0) is 7.05 Å². The molecule has 1 unspecified atom stereocenters. The number of carbonyl (C=O) groups is 1. The van der Waals surface area contributed by atoms with Gasteiger partial charge in [0.1, 0.15) is 4.83 Å². The van der Waals surface area contributed by atoms with Crippen LogP contribution in [0.5, 0.6) is 0 Å². The van der Waals surface area contributed by atoms with E-state index in [-0.39, 0.29) is 5.91 Å². The highest BCUT2D eigenvalue weighted by Crippen LogP contribution is 2.28. The van der Waals surface area contributed by atoms with Gasteiger partial charge in [-0.1, -0.05) is 0 Å². The standard InChI is InChI=1S/C13H18N4OS/c1-8-7-17(5-4-14-8)12(18)11-6-10-9(2)15-16(3)13(10)19-11/h6,8,14H,4-5,7H2,1-3H3. The van der Waals surface area contributed by atoms with E-state index < -0.39 is 0 Å². The first-order valence-electron chi connectivity index (χ1n) is 6.52. The lowest BCUT2D eigenvalue weighted by atomic mass is 10.2. The van der Waals surface area contributed by atoms with Gasteiger partial charge in [-0.3, -0.25) is 9.48 Å². The fraction of sp³-hybridized carbons (Fsp3) is 0.538. The van der Waals surface area contributed by atoms with E-state index in [4.69, 9.17) is 0 Å². The van der Waals surface area contributed by atoms with Gasteiger partial charge in [0, 0.05) is 38.1 Å². The second-order valence-electron chi connectivity index (χ2n) is 5.14. The third-order valence-electron chi connectivity index (χ3n) is 3.56. The Hall–Kier alpha value is -1.40. The Labute approximate surface area is 116 Å². The number of amides is 1. The Balaban J connectivity index is 1.91. The quantitative estimate of drug-likeness (QED) is 0.857. The number of rotatable bonds is 1. The van der Waals surface area contributed by atoms with Crippen molar-refractivity contribution in [1.82, 2.24) is 20.0 Å². The van der Waals surface area contributed by atoms with E-state index in [1.165, 1.54) is 11.3 Å². The van der Waals surface area contributed by atoms with Gasteiger partial charge in [0.25, 0.3) is 5.91 Å². The van der Waals surface area contributed by atoms with Gasteiger partial charge < -0.3 is 10.2 Å². The molecule has 2 aromatic rings. The lowest BCUT2D eigenvalue weighted by Crippen LogP contribution is -2.51. The van der Waals surface area contributed by atoms with Gasteiger partial charge in [-0.15, -0.1) is 11.3 Å². The molecule has 1 saturated heterocycles. The van der Waals surface area contributed by atoms with Crippen LogP contribution in [0.2, 0.25) is 0 Å². The summed E-state index contributed by atoms with van der Waals surface area (Å²) in [7, 11) is 1.92. The molecule has 0 bridgehead atoms. The average Bonchev–Trinajstić information content (AvgIpc) is 2.92. The van der Waals surface area contributed by atoms with Crippen molar-refractivity contribution >= 4 is 27.5 Å².